The van der Waals surface area contributed by atoms with Gasteiger partial charge < -0.3 is 0 Å². The van der Waals surface area contributed by atoms with Gasteiger partial charge in [0, 0.05) is 16.7 Å². The average Bonchev–Trinajstić information content (AvgIpc) is 3.31. The SMILES string of the molecule is N#Cc1ccc(-c2nc(-c3cccc(-c4cc(-c5ccccc5)cc5ccccc45)c3)nc(-c3ccccc3-c3cccc(-c4cccc5ccccc45)c3)n2)cc1. The topological polar surface area (TPSA) is 62.5 Å². The summed E-state index contributed by atoms with van der Waals surface area (Å²) in [7, 11) is 0. The van der Waals surface area contributed by atoms with E-state index in [0.717, 1.165) is 50.1 Å². The molecule has 0 unspecified atom stereocenters. The molecule has 0 spiro atoms. The predicted octanol–water partition coefficient (Wildman–Crippen LogP) is 13.7. The minimum atomic E-state index is 0.533. The Balaban J connectivity index is 1.13. The molecule has 0 saturated heterocycles. The van der Waals surface area contributed by atoms with Crippen molar-refractivity contribution in [2.24, 2.45) is 0 Å². The summed E-state index contributed by atoms with van der Waals surface area (Å²) in [4.78, 5) is 15.4. The van der Waals surface area contributed by atoms with Crippen LogP contribution < -0.4 is 0 Å². The summed E-state index contributed by atoms with van der Waals surface area (Å²) in [6.45, 7) is 0. The van der Waals surface area contributed by atoms with Crippen LogP contribution in [0.3, 0.4) is 0 Å². The highest BCUT2D eigenvalue weighted by atomic mass is 15.0. The zero-order chi connectivity index (χ0) is 38.8. The van der Waals surface area contributed by atoms with Crippen molar-refractivity contribution in [3.05, 3.63) is 212 Å². The molecular formula is C54H34N4. The molecule has 0 amide bonds. The lowest BCUT2D eigenvalue weighted by molar-refractivity contribution is 1.07. The van der Waals surface area contributed by atoms with Crippen molar-refractivity contribution in [2.75, 3.05) is 0 Å². The van der Waals surface area contributed by atoms with E-state index >= 15 is 0 Å². The molecule has 0 bridgehead atoms. The molecule has 4 nitrogen and oxygen atoms in total. The normalized spacial score (nSPS) is 11.1. The van der Waals surface area contributed by atoms with Crippen LogP contribution in [0.4, 0.5) is 0 Å². The van der Waals surface area contributed by atoms with Crippen LogP contribution in [0.2, 0.25) is 0 Å². The van der Waals surface area contributed by atoms with E-state index in [1.165, 1.54) is 32.7 Å². The van der Waals surface area contributed by atoms with Crippen LogP contribution in [0, 0.1) is 11.3 Å². The zero-order valence-electron chi connectivity index (χ0n) is 31.4. The minimum absolute atomic E-state index is 0.533. The fourth-order valence-electron chi connectivity index (χ4n) is 7.88. The van der Waals surface area contributed by atoms with Gasteiger partial charge in [-0.3, -0.25) is 0 Å². The number of nitriles is 1. The first kappa shape index (κ1) is 34.5. The predicted molar refractivity (Wildman–Crippen MR) is 238 cm³/mol. The molecule has 0 aliphatic carbocycles. The summed E-state index contributed by atoms with van der Waals surface area (Å²) >= 11 is 0. The molecule has 1 aromatic heterocycles. The second-order valence-electron chi connectivity index (χ2n) is 14.3. The van der Waals surface area contributed by atoms with Gasteiger partial charge in [-0.15, -0.1) is 0 Å². The fraction of sp³-hybridized carbons (Fsp3) is 0. The maximum absolute atomic E-state index is 9.54. The van der Waals surface area contributed by atoms with Gasteiger partial charge in [-0.25, -0.2) is 15.0 Å². The monoisotopic (exact) mass is 738 g/mol. The Bertz CT molecular complexity index is 3170. The van der Waals surface area contributed by atoms with Crippen LogP contribution in [0.5, 0.6) is 0 Å². The molecular weight excluding hydrogens is 705 g/mol. The minimum Gasteiger partial charge on any atom is -0.208 e. The Morgan fingerprint density at radius 2 is 0.793 bits per heavy atom. The van der Waals surface area contributed by atoms with Crippen molar-refractivity contribution in [3.63, 3.8) is 0 Å². The van der Waals surface area contributed by atoms with Crippen LogP contribution in [0.15, 0.2) is 206 Å². The summed E-state index contributed by atoms with van der Waals surface area (Å²) in [6, 6.07) is 73.6. The van der Waals surface area contributed by atoms with E-state index in [-0.39, 0.29) is 0 Å². The first-order valence-corrected chi connectivity index (χ1v) is 19.3. The van der Waals surface area contributed by atoms with E-state index in [1.54, 1.807) is 12.1 Å². The molecule has 10 aromatic rings. The highest BCUT2D eigenvalue weighted by molar-refractivity contribution is 6.01. The van der Waals surface area contributed by atoms with Crippen molar-refractivity contribution in [2.45, 2.75) is 0 Å². The van der Waals surface area contributed by atoms with E-state index in [0.29, 0.717) is 23.0 Å². The van der Waals surface area contributed by atoms with Crippen LogP contribution in [-0.2, 0) is 0 Å². The van der Waals surface area contributed by atoms with Gasteiger partial charge >= 0.3 is 0 Å². The van der Waals surface area contributed by atoms with E-state index in [2.05, 4.69) is 176 Å². The number of aromatic nitrogens is 3. The zero-order valence-corrected chi connectivity index (χ0v) is 31.4. The van der Waals surface area contributed by atoms with Crippen LogP contribution in [0.1, 0.15) is 5.56 Å². The Hall–Kier alpha value is -8.00. The maximum Gasteiger partial charge on any atom is 0.164 e. The molecule has 0 radical (unpaired) electrons. The largest absolute Gasteiger partial charge is 0.208 e. The summed E-state index contributed by atoms with van der Waals surface area (Å²) in [6.07, 6.45) is 0. The molecule has 270 valence electrons. The van der Waals surface area contributed by atoms with Gasteiger partial charge in [0.25, 0.3) is 0 Å². The number of benzene rings is 9. The smallest absolute Gasteiger partial charge is 0.164 e. The molecule has 0 aliphatic rings. The van der Waals surface area contributed by atoms with Crippen molar-refractivity contribution in [1.82, 2.24) is 15.0 Å². The molecule has 0 saturated carbocycles. The third-order valence-electron chi connectivity index (χ3n) is 10.8. The molecule has 4 heteroatoms. The molecule has 0 N–H and O–H groups in total. The third kappa shape index (κ3) is 6.57. The fourth-order valence-corrected chi connectivity index (χ4v) is 7.88. The first-order valence-electron chi connectivity index (χ1n) is 19.3. The highest BCUT2D eigenvalue weighted by Gasteiger charge is 2.18. The van der Waals surface area contributed by atoms with Gasteiger partial charge in [-0.1, -0.05) is 158 Å². The Labute approximate surface area is 337 Å². The Morgan fingerprint density at radius 3 is 1.55 bits per heavy atom. The molecule has 0 atom stereocenters. The van der Waals surface area contributed by atoms with E-state index in [4.69, 9.17) is 15.0 Å². The van der Waals surface area contributed by atoms with Crippen molar-refractivity contribution < 1.29 is 0 Å². The van der Waals surface area contributed by atoms with Crippen LogP contribution >= 0.6 is 0 Å². The quantitative estimate of drug-likeness (QED) is 0.163. The van der Waals surface area contributed by atoms with E-state index in [9.17, 15) is 5.26 Å². The van der Waals surface area contributed by atoms with Crippen LogP contribution in [0.25, 0.3) is 100 Å². The van der Waals surface area contributed by atoms with Gasteiger partial charge in [0.1, 0.15) is 0 Å². The lowest BCUT2D eigenvalue weighted by atomic mass is 9.92. The average molecular weight is 739 g/mol. The highest BCUT2D eigenvalue weighted by Crippen LogP contribution is 2.38. The van der Waals surface area contributed by atoms with Gasteiger partial charge in [-0.2, -0.15) is 5.26 Å². The van der Waals surface area contributed by atoms with Crippen LogP contribution in [-0.4, -0.2) is 15.0 Å². The second-order valence-corrected chi connectivity index (χ2v) is 14.3. The molecule has 10 rings (SSSR count). The summed E-state index contributed by atoms with van der Waals surface area (Å²) in [5.41, 5.74) is 12.1. The van der Waals surface area contributed by atoms with Crippen molar-refractivity contribution in [1.29, 1.82) is 5.26 Å². The number of hydrogen-bond donors (Lipinski definition) is 0. The Kier molecular flexibility index (Phi) is 8.87. The third-order valence-corrected chi connectivity index (χ3v) is 10.8. The van der Waals surface area contributed by atoms with Gasteiger partial charge in [0.2, 0.25) is 0 Å². The van der Waals surface area contributed by atoms with Gasteiger partial charge in [-0.05, 0) is 115 Å². The van der Waals surface area contributed by atoms with Gasteiger partial charge in [0.15, 0.2) is 17.5 Å². The standard InChI is InChI=1S/C54H34N4/c55-35-36-27-29-39(30-28-36)52-56-53(44-21-11-20-43(32-44)51-34-45(37-13-2-1-3-14-37)33-40-16-5-7-24-49(40)51)58-54(57-52)50-25-9-8-23-48(50)42-19-10-18-41(31-42)47-26-12-17-38-15-4-6-22-46(38)47/h1-34H. The molecule has 0 aliphatic heterocycles. The molecule has 1 heterocycles. The van der Waals surface area contributed by atoms with Crippen molar-refractivity contribution in [3.8, 4) is 84.7 Å². The van der Waals surface area contributed by atoms with E-state index in [1.807, 2.05) is 24.3 Å². The molecule has 0 fully saturated rings. The summed E-state index contributed by atoms with van der Waals surface area (Å²) in [5, 5.41) is 14.3. The lowest BCUT2D eigenvalue weighted by Crippen LogP contribution is -2.01. The number of fused-ring (bicyclic) bond motifs is 2. The summed E-state index contributed by atoms with van der Waals surface area (Å²) < 4.78 is 0. The molecule has 9 aromatic carbocycles. The molecule has 58 heavy (non-hydrogen) atoms. The summed E-state index contributed by atoms with van der Waals surface area (Å²) in [5.74, 6) is 1.66. The van der Waals surface area contributed by atoms with Crippen molar-refractivity contribution >= 4 is 21.5 Å². The lowest BCUT2D eigenvalue weighted by Gasteiger charge is -2.14. The Morgan fingerprint density at radius 1 is 0.293 bits per heavy atom. The van der Waals surface area contributed by atoms with E-state index < -0.39 is 0 Å². The van der Waals surface area contributed by atoms with Gasteiger partial charge in [0.05, 0.1) is 11.6 Å². The number of rotatable bonds is 7. The number of hydrogen-bond acceptors (Lipinski definition) is 4. The number of nitrogens with zero attached hydrogens (tertiary/aromatic N) is 4. The first-order chi connectivity index (χ1) is 28.7. The second kappa shape index (κ2) is 14.9. The maximum atomic E-state index is 9.54.